The van der Waals surface area contributed by atoms with Gasteiger partial charge in [-0.25, -0.2) is 4.98 Å². The Hall–Kier alpha value is -3.65. The minimum atomic E-state index is 1.04. The van der Waals surface area contributed by atoms with Gasteiger partial charge in [0.1, 0.15) is 0 Å². The minimum absolute atomic E-state index is 1.04. The largest absolute Gasteiger partial charge is 0.308 e. The average molecular weight is 358 g/mol. The summed E-state index contributed by atoms with van der Waals surface area (Å²) >= 11 is 0. The number of hydrogen-bond donors (Lipinski definition) is 0. The van der Waals surface area contributed by atoms with Crippen LogP contribution in [0, 0.1) is 6.92 Å². The maximum atomic E-state index is 5.13. The third kappa shape index (κ3) is 2.12. The molecule has 1 aliphatic rings. The fourth-order valence-electron chi connectivity index (χ4n) is 4.32. The number of rotatable bonds is 1. The van der Waals surface area contributed by atoms with Crippen LogP contribution in [0.4, 0.5) is 17.1 Å². The van der Waals surface area contributed by atoms with Crippen LogP contribution < -0.4 is 4.90 Å². The Morgan fingerprint density at radius 3 is 2.36 bits per heavy atom. The fraction of sp³-hybridized carbons (Fsp3) is 0.0385. The van der Waals surface area contributed by atoms with E-state index in [0.717, 1.165) is 28.0 Å². The van der Waals surface area contributed by atoms with E-state index >= 15 is 0 Å². The van der Waals surface area contributed by atoms with Crippen LogP contribution in [-0.4, -0.2) is 4.98 Å². The Morgan fingerprint density at radius 1 is 0.679 bits per heavy atom. The molecule has 0 saturated heterocycles. The Morgan fingerprint density at radius 2 is 1.50 bits per heavy atom. The topological polar surface area (TPSA) is 16.1 Å². The predicted octanol–water partition coefficient (Wildman–Crippen LogP) is 7.15. The zero-order valence-electron chi connectivity index (χ0n) is 15.6. The summed E-state index contributed by atoms with van der Waals surface area (Å²) in [5.41, 5.74) is 8.02. The molecule has 1 aliphatic heterocycles. The Kier molecular flexibility index (Phi) is 3.12. The van der Waals surface area contributed by atoms with Crippen LogP contribution in [0.25, 0.3) is 32.9 Å². The molecular formula is C26H18N2. The highest BCUT2D eigenvalue weighted by molar-refractivity contribution is 6.14. The van der Waals surface area contributed by atoms with Crippen molar-refractivity contribution in [2.75, 3.05) is 4.90 Å². The zero-order valence-corrected chi connectivity index (χ0v) is 15.6. The van der Waals surface area contributed by atoms with Crippen LogP contribution in [0.2, 0.25) is 0 Å². The maximum absolute atomic E-state index is 5.13. The van der Waals surface area contributed by atoms with Crippen molar-refractivity contribution in [2.45, 2.75) is 6.92 Å². The van der Waals surface area contributed by atoms with Crippen molar-refractivity contribution in [1.29, 1.82) is 0 Å². The van der Waals surface area contributed by atoms with E-state index in [0.29, 0.717) is 0 Å². The van der Waals surface area contributed by atoms with Crippen LogP contribution in [0.15, 0.2) is 91.0 Å². The fourth-order valence-corrected chi connectivity index (χ4v) is 4.32. The molecule has 0 saturated carbocycles. The van der Waals surface area contributed by atoms with Gasteiger partial charge in [0.25, 0.3) is 0 Å². The number of nitrogens with zero attached hydrogens (tertiary/aromatic N) is 2. The molecule has 0 amide bonds. The first-order valence-corrected chi connectivity index (χ1v) is 9.58. The second-order valence-corrected chi connectivity index (χ2v) is 7.40. The summed E-state index contributed by atoms with van der Waals surface area (Å²) in [5, 5.41) is 3.67. The summed E-state index contributed by atoms with van der Waals surface area (Å²) in [6.07, 6.45) is 0. The van der Waals surface area contributed by atoms with Crippen molar-refractivity contribution in [3.63, 3.8) is 0 Å². The quantitative estimate of drug-likeness (QED) is 0.310. The highest BCUT2D eigenvalue weighted by Crippen LogP contribution is 2.50. The Labute approximate surface area is 163 Å². The van der Waals surface area contributed by atoms with Gasteiger partial charge in [-0.15, -0.1) is 0 Å². The summed E-state index contributed by atoms with van der Waals surface area (Å²) < 4.78 is 0. The first-order valence-electron chi connectivity index (χ1n) is 9.58. The van der Waals surface area contributed by atoms with Crippen molar-refractivity contribution >= 4 is 38.7 Å². The summed E-state index contributed by atoms with van der Waals surface area (Å²) in [6.45, 7) is 2.12. The number of hydrogen-bond acceptors (Lipinski definition) is 2. The lowest BCUT2D eigenvalue weighted by molar-refractivity contribution is 1.25. The first kappa shape index (κ1) is 15.4. The molecule has 0 N–H and O–H groups in total. The van der Waals surface area contributed by atoms with Gasteiger partial charge < -0.3 is 4.90 Å². The zero-order chi connectivity index (χ0) is 18.7. The molecule has 0 unspecified atom stereocenters. The van der Waals surface area contributed by atoms with E-state index in [1.165, 1.54) is 27.6 Å². The van der Waals surface area contributed by atoms with Crippen molar-refractivity contribution in [3.8, 4) is 11.3 Å². The van der Waals surface area contributed by atoms with E-state index < -0.39 is 0 Å². The normalized spacial score (nSPS) is 12.4. The monoisotopic (exact) mass is 358 g/mol. The summed E-state index contributed by atoms with van der Waals surface area (Å²) in [4.78, 5) is 7.48. The SMILES string of the molecule is Cc1ccc2cc3c(nc2c1)-c1cccc2cccc(c12)N3c1ccccc1. The standard InChI is InChI=1S/C26H18N2/c1-17-13-14-19-16-24-26(27-22(19)15-17)21-11-5-7-18-8-6-12-23(25(18)21)28(24)20-9-3-2-4-10-20/h2-16H,1H3. The van der Waals surface area contributed by atoms with Crippen molar-refractivity contribution in [3.05, 3.63) is 96.6 Å². The number of para-hydroxylation sites is 1. The van der Waals surface area contributed by atoms with Crippen molar-refractivity contribution in [2.24, 2.45) is 0 Å². The lowest BCUT2D eigenvalue weighted by Crippen LogP contribution is -2.15. The van der Waals surface area contributed by atoms with Crippen LogP contribution in [0.3, 0.4) is 0 Å². The molecule has 0 bridgehead atoms. The van der Waals surface area contributed by atoms with Gasteiger partial charge in [-0.1, -0.05) is 60.7 Å². The average Bonchev–Trinajstić information content (AvgIpc) is 2.74. The van der Waals surface area contributed by atoms with Gasteiger partial charge in [0.05, 0.1) is 22.6 Å². The number of fused-ring (bicyclic) bond motifs is 3. The smallest absolute Gasteiger partial charge is 0.0957 e. The van der Waals surface area contributed by atoms with Gasteiger partial charge in [0.15, 0.2) is 0 Å². The minimum Gasteiger partial charge on any atom is -0.308 e. The van der Waals surface area contributed by atoms with E-state index in [4.69, 9.17) is 4.98 Å². The molecule has 6 rings (SSSR count). The Balaban J connectivity index is 1.79. The summed E-state index contributed by atoms with van der Waals surface area (Å²) in [7, 11) is 0. The molecule has 2 heteroatoms. The molecule has 0 spiro atoms. The number of aromatic nitrogens is 1. The molecule has 0 atom stereocenters. The van der Waals surface area contributed by atoms with Gasteiger partial charge in [-0.2, -0.15) is 0 Å². The van der Waals surface area contributed by atoms with E-state index in [9.17, 15) is 0 Å². The lowest BCUT2D eigenvalue weighted by Gasteiger charge is -2.33. The second-order valence-electron chi connectivity index (χ2n) is 7.40. The predicted molar refractivity (Wildman–Crippen MR) is 118 cm³/mol. The van der Waals surface area contributed by atoms with Crippen LogP contribution in [0.1, 0.15) is 5.56 Å². The van der Waals surface area contributed by atoms with Crippen LogP contribution in [-0.2, 0) is 0 Å². The molecule has 132 valence electrons. The number of anilines is 3. The van der Waals surface area contributed by atoms with E-state index in [1.54, 1.807) is 0 Å². The molecule has 0 radical (unpaired) electrons. The van der Waals surface area contributed by atoms with E-state index in [-0.39, 0.29) is 0 Å². The first-order chi connectivity index (χ1) is 13.8. The van der Waals surface area contributed by atoms with Gasteiger partial charge in [-0.05, 0) is 48.2 Å². The highest BCUT2D eigenvalue weighted by Gasteiger charge is 2.27. The molecule has 0 fully saturated rings. The van der Waals surface area contributed by atoms with Crippen molar-refractivity contribution in [1.82, 2.24) is 4.98 Å². The maximum Gasteiger partial charge on any atom is 0.0957 e. The molecule has 2 heterocycles. The van der Waals surface area contributed by atoms with Crippen LogP contribution >= 0.6 is 0 Å². The van der Waals surface area contributed by atoms with Crippen LogP contribution in [0.5, 0.6) is 0 Å². The molecule has 28 heavy (non-hydrogen) atoms. The number of pyridine rings is 1. The van der Waals surface area contributed by atoms with Gasteiger partial charge in [-0.3, -0.25) is 0 Å². The highest BCUT2D eigenvalue weighted by atomic mass is 15.2. The van der Waals surface area contributed by atoms with Gasteiger partial charge in [0, 0.05) is 22.0 Å². The second kappa shape index (κ2) is 5.67. The van der Waals surface area contributed by atoms with Gasteiger partial charge in [0.2, 0.25) is 0 Å². The van der Waals surface area contributed by atoms with Crippen molar-refractivity contribution < 1.29 is 0 Å². The van der Waals surface area contributed by atoms with E-state index in [2.05, 4.69) is 103 Å². The molecular weight excluding hydrogens is 340 g/mol. The lowest BCUT2D eigenvalue weighted by atomic mass is 9.93. The number of benzene rings is 4. The third-order valence-electron chi connectivity index (χ3n) is 5.59. The molecule has 0 aliphatic carbocycles. The molecule has 1 aromatic heterocycles. The molecule has 4 aromatic carbocycles. The van der Waals surface area contributed by atoms with Gasteiger partial charge >= 0.3 is 0 Å². The summed E-state index contributed by atoms with van der Waals surface area (Å²) in [6, 6.07) is 32.4. The molecule has 2 nitrogen and oxygen atoms in total. The van der Waals surface area contributed by atoms with E-state index in [1.807, 2.05) is 0 Å². The summed E-state index contributed by atoms with van der Waals surface area (Å²) in [5.74, 6) is 0. The Bertz CT molecular complexity index is 1360. The third-order valence-corrected chi connectivity index (χ3v) is 5.59. The molecule has 5 aromatic rings. The number of aryl methyl sites for hydroxylation is 1.